The van der Waals surface area contributed by atoms with Gasteiger partial charge in [0.15, 0.2) is 5.60 Å². The molecule has 1 amide bonds. The van der Waals surface area contributed by atoms with Crippen LogP contribution in [0.4, 0.5) is 5.69 Å². The number of carboxylic acids is 1. The Morgan fingerprint density at radius 3 is 2.41 bits per heavy atom. The number of carboxylic acid groups (broad SMARTS) is 1. The molecule has 0 radical (unpaired) electrons. The fourth-order valence-corrected chi connectivity index (χ4v) is 2.44. The van der Waals surface area contributed by atoms with Crippen LogP contribution in [0.5, 0.6) is 0 Å². The molecular formula is C14H16N2O6. The normalized spacial score (nSPS) is 17.1. The number of hydrogen-bond donors (Lipinski definition) is 2. The summed E-state index contributed by atoms with van der Waals surface area (Å²) in [6.07, 6.45) is -0.207. The second-order valence-electron chi connectivity index (χ2n) is 5.41. The molecule has 118 valence electrons. The van der Waals surface area contributed by atoms with E-state index in [-0.39, 0.29) is 37.2 Å². The maximum absolute atomic E-state index is 12.5. The van der Waals surface area contributed by atoms with E-state index in [4.69, 9.17) is 5.11 Å². The Bertz CT molecular complexity index is 634. The van der Waals surface area contributed by atoms with E-state index in [1.807, 2.05) is 0 Å². The number of aliphatic carboxylic acids is 1. The monoisotopic (exact) mass is 308 g/mol. The van der Waals surface area contributed by atoms with Gasteiger partial charge in [0.1, 0.15) is 5.56 Å². The van der Waals surface area contributed by atoms with Gasteiger partial charge >= 0.3 is 5.97 Å². The summed E-state index contributed by atoms with van der Waals surface area (Å²) in [7, 11) is 0. The molecule has 1 heterocycles. The predicted octanol–water partition coefficient (Wildman–Crippen LogP) is 0.955. The summed E-state index contributed by atoms with van der Waals surface area (Å²) in [4.78, 5) is 35.2. The average Bonchev–Trinajstić information content (AvgIpc) is 2.46. The van der Waals surface area contributed by atoms with Crippen LogP contribution < -0.4 is 0 Å². The fraction of sp³-hybridized carbons (Fsp3) is 0.429. The molecule has 1 aromatic carbocycles. The summed E-state index contributed by atoms with van der Waals surface area (Å²) in [6, 6.07) is 4.27. The lowest BCUT2D eigenvalue weighted by Gasteiger charge is -2.35. The predicted molar refractivity (Wildman–Crippen MR) is 75.6 cm³/mol. The van der Waals surface area contributed by atoms with Crippen LogP contribution in [-0.2, 0) is 4.79 Å². The molecule has 0 spiro atoms. The number of rotatable bonds is 3. The first-order chi connectivity index (χ1) is 10.2. The number of likely N-dealkylation sites (tertiary alicyclic amines) is 1. The van der Waals surface area contributed by atoms with E-state index < -0.39 is 22.4 Å². The number of carbonyl (C=O) groups excluding carboxylic acids is 1. The number of benzene rings is 1. The van der Waals surface area contributed by atoms with Crippen LogP contribution in [0.15, 0.2) is 18.2 Å². The maximum Gasteiger partial charge on any atom is 0.335 e. The van der Waals surface area contributed by atoms with Crippen molar-refractivity contribution in [2.24, 2.45) is 0 Å². The summed E-state index contributed by atoms with van der Waals surface area (Å²) >= 11 is 0. The number of aliphatic hydroxyl groups is 1. The number of aryl methyl sites for hydroxylation is 1. The number of amides is 1. The average molecular weight is 308 g/mol. The smallest absolute Gasteiger partial charge is 0.335 e. The number of carbonyl (C=O) groups is 2. The van der Waals surface area contributed by atoms with Crippen molar-refractivity contribution in [1.82, 2.24) is 4.90 Å². The molecule has 1 aliphatic heterocycles. The van der Waals surface area contributed by atoms with Crippen LogP contribution in [0.2, 0.25) is 0 Å². The van der Waals surface area contributed by atoms with Gasteiger partial charge in [0.25, 0.3) is 11.6 Å². The van der Waals surface area contributed by atoms with Gasteiger partial charge in [-0.2, -0.15) is 0 Å². The zero-order chi connectivity index (χ0) is 16.5. The van der Waals surface area contributed by atoms with E-state index in [9.17, 15) is 24.8 Å². The van der Waals surface area contributed by atoms with E-state index in [2.05, 4.69) is 0 Å². The van der Waals surface area contributed by atoms with E-state index in [1.54, 1.807) is 13.0 Å². The van der Waals surface area contributed by atoms with Crippen LogP contribution in [-0.4, -0.2) is 50.6 Å². The van der Waals surface area contributed by atoms with E-state index in [1.165, 1.54) is 17.0 Å². The lowest BCUT2D eigenvalue weighted by atomic mass is 9.91. The Morgan fingerprint density at radius 1 is 1.32 bits per heavy atom. The molecule has 1 fully saturated rings. The molecular weight excluding hydrogens is 292 g/mol. The second kappa shape index (κ2) is 5.72. The SMILES string of the molecule is Cc1ccc([N+](=O)[O-])c(C(=O)N2CCC(O)(C(=O)O)CC2)c1. The Hall–Kier alpha value is -2.48. The number of nitro benzene ring substituents is 1. The van der Waals surface area contributed by atoms with Gasteiger partial charge in [-0.15, -0.1) is 0 Å². The number of piperidine rings is 1. The quantitative estimate of drug-likeness (QED) is 0.633. The second-order valence-corrected chi connectivity index (χ2v) is 5.41. The third-order valence-electron chi connectivity index (χ3n) is 3.86. The summed E-state index contributed by atoms with van der Waals surface area (Å²) in [5.41, 5.74) is -1.43. The highest BCUT2D eigenvalue weighted by Crippen LogP contribution is 2.26. The first kappa shape index (κ1) is 15.9. The third kappa shape index (κ3) is 2.91. The molecule has 0 aromatic heterocycles. The molecule has 1 saturated heterocycles. The molecule has 0 unspecified atom stereocenters. The molecule has 0 bridgehead atoms. The van der Waals surface area contributed by atoms with Crippen LogP contribution in [0.1, 0.15) is 28.8 Å². The topological polar surface area (TPSA) is 121 Å². The summed E-state index contributed by atoms with van der Waals surface area (Å²) < 4.78 is 0. The summed E-state index contributed by atoms with van der Waals surface area (Å²) in [5.74, 6) is -1.84. The summed E-state index contributed by atoms with van der Waals surface area (Å²) in [5, 5.41) is 29.8. The minimum absolute atomic E-state index is 0.0224. The lowest BCUT2D eigenvalue weighted by Crippen LogP contribution is -2.50. The molecule has 8 heteroatoms. The number of nitro groups is 1. The highest BCUT2D eigenvalue weighted by Gasteiger charge is 2.41. The van der Waals surface area contributed by atoms with Crippen LogP contribution in [0, 0.1) is 17.0 Å². The zero-order valence-electron chi connectivity index (χ0n) is 12.0. The van der Waals surface area contributed by atoms with Crippen LogP contribution in [0.25, 0.3) is 0 Å². The Kier molecular flexibility index (Phi) is 4.14. The van der Waals surface area contributed by atoms with Crippen LogP contribution in [0.3, 0.4) is 0 Å². The highest BCUT2D eigenvalue weighted by molar-refractivity contribution is 5.98. The van der Waals surface area contributed by atoms with Gasteiger partial charge in [-0.05, 0) is 18.6 Å². The maximum atomic E-state index is 12.5. The van der Waals surface area contributed by atoms with Gasteiger partial charge in [-0.3, -0.25) is 14.9 Å². The molecule has 0 saturated carbocycles. The Morgan fingerprint density at radius 2 is 1.91 bits per heavy atom. The van der Waals surface area contributed by atoms with Crippen molar-refractivity contribution in [1.29, 1.82) is 0 Å². The van der Waals surface area contributed by atoms with Crippen molar-refractivity contribution in [3.63, 3.8) is 0 Å². The largest absolute Gasteiger partial charge is 0.479 e. The summed E-state index contributed by atoms with van der Waals surface area (Å²) in [6.45, 7) is 1.79. The van der Waals surface area contributed by atoms with Crippen molar-refractivity contribution in [3.05, 3.63) is 39.4 Å². The third-order valence-corrected chi connectivity index (χ3v) is 3.86. The van der Waals surface area contributed by atoms with Gasteiger partial charge in [0, 0.05) is 32.0 Å². The van der Waals surface area contributed by atoms with Crippen LogP contribution >= 0.6 is 0 Å². The first-order valence-corrected chi connectivity index (χ1v) is 6.75. The van der Waals surface area contributed by atoms with Crippen molar-refractivity contribution in [2.45, 2.75) is 25.4 Å². The molecule has 2 rings (SSSR count). The Labute approximate surface area is 126 Å². The van der Waals surface area contributed by atoms with Crippen molar-refractivity contribution < 1.29 is 24.7 Å². The molecule has 2 N–H and O–H groups in total. The van der Waals surface area contributed by atoms with E-state index in [0.717, 1.165) is 0 Å². The van der Waals surface area contributed by atoms with Gasteiger partial charge in [0.2, 0.25) is 0 Å². The standard InChI is InChI=1S/C14H16N2O6/c1-9-2-3-11(16(21)22)10(8-9)12(17)15-6-4-14(20,5-7-15)13(18)19/h2-3,8,20H,4-7H2,1H3,(H,18,19). The van der Waals surface area contributed by atoms with Gasteiger partial charge < -0.3 is 15.1 Å². The van der Waals surface area contributed by atoms with Gasteiger partial charge in [-0.1, -0.05) is 6.07 Å². The molecule has 1 aliphatic rings. The van der Waals surface area contributed by atoms with Gasteiger partial charge in [-0.25, -0.2) is 4.79 Å². The number of nitrogens with zero attached hydrogens (tertiary/aromatic N) is 2. The van der Waals surface area contributed by atoms with Crippen molar-refractivity contribution in [2.75, 3.05) is 13.1 Å². The fourth-order valence-electron chi connectivity index (χ4n) is 2.44. The van der Waals surface area contributed by atoms with E-state index >= 15 is 0 Å². The van der Waals surface area contributed by atoms with Crippen molar-refractivity contribution in [3.8, 4) is 0 Å². The van der Waals surface area contributed by atoms with Crippen molar-refractivity contribution >= 4 is 17.6 Å². The minimum Gasteiger partial charge on any atom is -0.479 e. The highest BCUT2D eigenvalue weighted by atomic mass is 16.6. The first-order valence-electron chi connectivity index (χ1n) is 6.75. The molecule has 22 heavy (non-hydrogen) atoms. The number of hydrogen-bond acceptors (Lipinski definition) is 5. The minimum atomic E-state index is -1.84. The molecule has 0 atom stereocenters. The Balaban J connectivity index is 2.22. The molecule has 0 aliphatic carbocycles. The van der Waals surface area contributed by atoms with E-state index in [0.29, 0.717) is 5.56 Å². The molecule has 8 nitrogen and oxygen atoms in total. The van der Waals surface area contributed by atoms with Gasteiger partial charge in [0.05, 0.1) is 4.92 Å². The zero-order valence-corrected chi connectivity index (χ0v) is 12.0. The molecule has 1 aromatic rings. The lowest BCUT2D eigenvalue weighted by molar-refractivity contribution is -0.385.